The summed E-state index contributed by atoms with van der Waals surface area (Å²) in [5.74, 6) is 1.11. The Hall–Kier alpha value is -7.43. The SMILES string of the molecule is [2H]c1c([2H])c([2H])c2c(c1[2H])c1cc(-c3ccc(-c4ccccc4)cc3)ccc1n2-c1nc(-c2ccc(-c3ccccc3)cc2)nc(-c2cccc(-c3ccccc3)c2)n1. The Bertz CT molecular complexity index is 3170. The van der Waals surface area contributed by atoms with Crippen LogP contribution in [0.15, 0.2) is 206 Å². The van der Waals surface area contributed by atoms with E-state index < -0.39 is 0 Å². The molecule has 0 aliphatic carbocycles. The van der Waals surface area contributed by atoms with Crippen LogP contribution in [0.1, 0.15) is 5.48 Å². The lowest BCUT2D eigenvalue weighted by Crippen LogP contribution is -2.06. The highest BCUT2D eigenvalue weighted by molar-refractivity contribution is 6.10. The molecule has 8 aromatic carbocycles. The van der Waals surface area contributed by atoms with Crippen molar-refractivity contribution in [2.45, 2.75) is 0 Å². The lowest BCUT2D eigenvalue weighted by Gasteiger charge is -2.12. The van der Waals surface area contributed by atoms with Gasteiger partial charge in [-0.1, -0.05) is 182 Å². The summed E-state index contributed by atoms with van der Waals surface area (Å²) < 4.78 is 37.6. The molecule has 10 rings (SSSR count). The molecule has 4 nitrogen and oxygen atoms in total. The maximum Gasteiger partial charge on any atom is 0.238 e. The molecule has 10 aromatic rings. The maximum absolute atomic E-state index is 9.25. The second-order valence-corrected chi connectivity index (χ2v) is 13.4. The number of aromatic nitrogens is 4. The van der Waals surface area contributed by atoms with Gasteiger partial charge in [-0.3, -0.25) is 4.57 Å². The first kappa shape index (κ1) is 28.1. The molecule has 0 spiro atoms. The molecule has 55 heavy (non-hydrogen) atoms. The molecule has 0 radical (unpaired) electrons. The summed E-state index contributed by atoms with van der Waals surface area (Å²) in [5, 5.41) is 1.06. The normalized spacial score (nSPS) is 12.3. The van der Waals surface area contributed by atoms with Crippen LogP contribution in [0, 0.1) is 0 Å². The minimum Gasteiger partial charge on any atom is -0.278 e. The van der Waals surface area contributed by atoms with Gasteiger partial charge in [0.05, 0.1) is 16.5 Å². The average Bonchev–Trinajstić information content (AvgIpc) is 3.66. The standard InChI is InChI=1S/C51H34N4/c1-4-13-35(14-5-1)38-23-25-40(26-24-38)43-31-32-48-46(34-43)45-21-10-11-22-47(45)55(48)51-53-49(41-29-27-39(28-30-41)36-15-6-2-7-16-36)52-50(54-51)44-20-12-19-42(33-44)37-17-8-3-9-18-37/h1-34H/i10D,11D,21D,22D. The molecular formula is C51H34N4. The Morgan fingerprint density at radius 3 is 1.38 bits per heavy atom. The smallest absolute Gasteiger partial charge is 0.238 e. The molecule has 0 fully saturated rings. The largest absolute Gasteiger partial charge is 0.278 e. The molecule has 2 aromatic heterocycles. The van der Waals surface area contributed by atoms with Crippen molar-refractivity contribution in [2.24, 2.45) is 0 Å². The Balaban J connectivity index is 1.19. The Morgan fingerprint density at radius 1 is 0.327 bits per heavy atom. The first-order valence-electron chi connectivity index (χ1n) is 20.2. The number of para-hydroxylation sites is 1. The van der Waals surface area contributed by atoms with Gasteiger partial charge in [0.15, 0.2) is 11.6 Å². The number of hydrogen-bond acceptors (Lipinski definition) is 3. The van der Waals surface area contributed by atoms with Crippen LogP contribution in [0.5, 0.6) is 0 Å². The summed E-state index contributed by atoms with van der Waals surface area (Å²) in [6.45, 7) is 0. The summed E-state index contributed by atoms with van der Waals surface area (Å²) in [4.78, 5) is 15.2. The lowest BCUT2D eigenvalue weighted by molar-refractivity contribution is 0.953. The van der Waals surface area contributed by atoms with Crippen LogP contribution in [0.2, 0.25) is 0 Å². The topological polar surface area (TPSA) is 43.6 Å². The molecule has 258 valence electrons. The fraction of sp³-hybridized carbons (Fsp3) is 0. The minimum atomic E-state index is -0.329. The van der Waals surface area contributed by atoms with Crippen LogP contribution < -0.4 is 0 Å². The number of rotatable bonds is 7. The minimum absolute atomic E-state index is 0.122. The van der Waals surface area contributed by atoms with Crippen LogP contribution in [0.3, 0.4) is 0 Å². The summed E-state index contributed by atoms with van der Waals surface area (Å²) >= 11 is 0. The summed E-state index contributed by atoms with van der Waals surface area (Å²) in [6.07, 6.45) is 0. The van der Waals surface area contributed by atoms with E-state index in [1.807, 2.05) is 97.1 Å². The first-order valence-corrected chi connectivity index (χ1v) is 18.2. The van der Waals surface area contributed by atoms with Gasteiger partial charge in [-0.25, -0.2) is 4.98 Å². The van der Waals surface area contributed by atoms with E-state index in [1.165, 1.54) is 0 Å². The summed E-state index contributed by atoms with van der Waals surface area (Å²) in [6, 6.07) is 60.1. The van der Waals surface area contributed by atoms with E-state index in [4.69, 9.17) is 17.7 Å². The molecule has 0 aliphatic heterocycles. The van der Waals surface area contributed by atoms with E-state index in [0.717, 1.165) is 55.6 Å². The Labute approximate surface area is 325 Å². The highest BCUT2D eigenvalue weighted by Crippen LogP contribution is 2.36. The lowest BCUT2D eigenvalue weighted by atomic mass is 9.99. The predicted octanol–water partition coefficient (Wildman–Crippen LogP) is 13.0. The van der Waals surface area contributed by atoms with E-state index in [1.54, 1.807) is 4.57 Å². The molecule has 4 heteroatoms. The van der Waals surface area contributed by atoms with Gasteiger partial charge in [0, 0.05) is 21.9 Å². The van der Waals surface area contributed by atoms with Gasteiger partial charge >= 0.3 is 0 Å². The Kier molecular flexibility index (Phi) is 7.08. The van der Waals surface area contributed by atoms with Crippen LogP contribution in [0.25, 0.3) is 95.0 Å². The molecule has 0 saturated carbocycles. The van der Waals surface area contributed by atoms with Crippen LogP contribution in [-0.2, 0) is 0 Å². The van der Waals surface area contributed by atoms with Crippen molar-refractivity contribution in [3.63, 3.8) is 0 Å². The van der Waals surface area contributed by atoms with Crippen LogP contribution in [-0.4, -0.2) is 19.5 Å². The van der Waals surface area contributed by atoms with Gasteiger partial charge < -0.3 is 0 Å². The fourth-order valence-electron chi connectivity index (χ4n) is 7.23. The number of nitrogens with zero attached hydrogens (tertiary/aromatic N) is 4. The zero-order chi connectivity index (χ0) is 40.0. The highest BCUT2D eigenvalue weighted by atomic mass is 15.2. The van der Waals surface area contributed by atoms with Crippen LogP contribution in [0.4, 0.5) is 0 Å². The van der Waals surface area contributed by atoms with Gasteiger partial charge in [-0.05, 0) is 68.7 Å². The van der Waals surface area contributed by atoms with Crippen molar-refractivity contribution in [1.82, 2.24) is 19.5 Å². The number of fused-ring (bicyclic) bond motifs is 3. The Morgan fingerprint density at radius 2 is 0.764 bits per heavy atom. The second-order valence-electron chi connectivity index (χ2n) is 13.4. The van der Waals surface area contributed by atoms with E-state index in [0.29, 0.717) is 33.5 Å². The molecule has 0 aliphatic rings. The second kappa shape index (κ2) is 13.8. The predicted molar refractivity (Wildman–Crippen MR) is 227 cm³/mol. The molecule has 0 unspecified atom stereocenters. The van der Waals surface area contributed by atoms with E-state index in [9.17, 15) is 2.74 Å². The molecule has 0 bridgehead atoms. The van der Waals surface area contributed by atoms with E-state index in [-0.39, 0.29) is 30.1 Å². The van der Waals surface area contributed by atoms with E-state index in [2.05, 4.69) is 84.9 Å². The number of hydrogen-bond donors (Lipinski definition) is 0. The van der Waals surface area contributed by atoms with Crippen molar-refractivity contribution in [2.75, 3.05) is 0 Å². The fourth-order valence-corrected chi connectivity index (χ4v) is 7.23. The van der Waals surface area contributed by atoms with Crippen molar-refractivity contribution >= 4 is 21.8 Å². The molecule has 0 amide bonds. The molecular weight excluding hydrogens is 669 g/mol. The molecule has 0 N–H and O–H groups in total. The van der Waals surface area contributed by atoms with Gasteiger partial charge in [0.1, 0.15) is 0 Å². The molecule has 2 heterocycles. The zero-order valence-electron chi connectivity index (χ0n) is 33.6. The van der Waals surface area contributed by atoms with Crippen LogP contribution >= 0.6 is 0 Å². The van der Waals surface area contributed by atoms with Gasteiger partial charge in [0.2, 0.25) is 5.95 Å². The van der Waals surface area contributed by atoms with Gasteiger partial charge in [-0.2, -0.15) is 9.97 Å². The summed E-state index contributed by atoms with van der Waals surface area (Å²) in [7, 11) is 0. The number of benzene rings is 8. The monoisotopic (exact) mass is 706 g/mol. The third-order valence-corrected chi connectivity index (χ3v) is 10.0. The molecule has 0 saturated heterocycles. The van der Waals surface area contributed by atoms with Crippen molar-refractivity contribution in [1.29, 1.82) is 0 Å². The maximum atomic E-state index is 9.25. The zero-order valence-corrected chi connectivity index (χ0v) is 29.6. The van der Waals surface area contributed by atoms with Crippen molar-refractivity contribution in [3.05, 3.63) is 206 Å². The van der Waals surface area contributed by atoms with Crippen molar-refractivity contribution in [3.8, 4) is 73.2 Å². The van der Waals surface area contributed by atoms with E-state index >= 15 is 0 Å². The van der Waals surface area contributed by atoms with Gasteiger partial charge in [-0.15, -0.1) is 0 Å². The molecule has 0 atom stereocenters. The third kappa shape index (κ3) is 6.16. The first-order chi connectivity index (χ1) is 28.9. The van der Waals surface area contributed by atoms with Gasteiger partial charge in [0.25, 0.3) is 0 Å². The van der Waals surface area contributed by atoms with Crippen molar-refractivity contribution < 1.29 is 5.48 Å². The highest BCUT2D eigenvalue weighted by Gasteiger charge is 2.19. The third-order valence-electron chi connectivity index (χ3n) is 10.0. The average molecular weight is 707 g/mol. The summed E-state index contributed by atoms with van der Waals surface area (Å²) in [5.41, 5.74) is 10.8. The quantitative estimate of drug-likeness (QED) is 0.166.